The Balaban J connectivity index is 1.61. The fourth-order valence-corrected chi connectivity index (χ4v) is 3.60. The molecule has 3 amide bonds. The van der Waals surface area contributed by atoms with Crippen LogP contribution in [0.25, 0.3) is 0 Å². The summed E-state index contributed by atoms with van der Waals surface area (Å²) in [7, 11) is 1.42. The zero-order valence-corrected chi connectivity index (χ0v) is 16.1. The number of carbonyl (C=O) groups is 3. The molecule has 156 valence electrons. The minimum absolute atomic E-state index is 0.0148. The smallest absolute Gasteiger partial charge is 0.255 e. The summed E-state index contributed by atoms with van der Waals surface area (Å²) in [6, 6.07) is 4.60. The average molecular weight is 416 g/mol. The van der Waals surface area contributed by atoms with E-state index in [4.69, 9.17) is 6.11 Å². The number of rotatable bonds is 5. The van der Waals surface area contributed by atoms with Crippen LogP contribution in [-0.2, 0) is 22.7 Å². The maximum Gasteiger partial charge on any atom is 0.255 e. The summed E-state index contributed by atoms with van der Waals surface area (Å²) in [4.78, 5) is 37.7. The largest absolute Gasteiger partial charge is 0.497 e. The van der Waals surface area contributed by atoms with E-state index in [0.29, 0.717) is 16.9 Å². The molecule has 0 aromatic heterocycles. The van der Waals surface area contributed by atoms with Crippen molar-refractivity contribution in [2.24, 2.45) is 0 Å². The van der Waals surface area contributed by atoms with E-state index < -0.39 is 35.4 Å². The molecule has 4 rings (SSSR count). The van der Waals surface area contributed by atoms with Crippen LogP contribution >= 0.6 is 0 Å². The van der Waals surface area contributed by atoms with Crippen molar-refractivity contribution in [2.45, 2.75) is 31.9 Å². The van der Waals surface area contributed by atoms with Crippen LogP contribution in [0.3, 0.4) is 0 Å². The molecule has 2 aliphatic rings. The second-order valence-electron chi connectivity index (χ2n) is 7.01. The third-order valence-corrected chi connectivity index (χ3v) is 5.17. The van der Waals surface area contributed by atoms with Gasteiger partial charge in [-0.3, -0.25) is 19.7 Å². The maximum atomic E-state index is 14.2. The van der Waals surface area contributed by atoms with E-state index in [2.05, 4.69) is 10.6 Å². The Labute approximate surface area is 172 Å². The Morgan fingerprint density at radius 3 is 2.77 bits per heavy atom. The number of hydrogen-bond donors (Lipinski definition) is 2. The number of nitrogens with zero attached hydrogens (tertiary/aromatic N) is 1. The van der Waals surface area contributed by atoms with Gasteiger partial charge < -0.3 is 15.0 Å². The number of carbonyl (C=O) groups excluding carboxylic acids is 3. The average Bonchev–Trinajstić information content (AvgIpc) is 3.07. The molecule has 2 aliphatic heterocycles. The van der Waals surface area contributed by atoms with Crippen molar-refractivity contribution in [3.05, 3.63) is 58.7 Å². The number of hydrogen-bond acceptors (Lipinski definition) is 5. The van der Waals surface area contributed by atoms with Gasteiger partial charge in [0, 0.05) is 48.0 Å². The number of piperidine rings is 1. The fraction of sp³-hybridized carbons (Fsp3) is 0.286. The molecule has 9 heteroatoms. The number of anilines is 1. The lowest BCUT2D eigenvalue weighted by molar-refractivity contribution is -0.136. The molecule has 2 N–H and O–H groups in total. The normalized spacial score (nSPS) is 21.2. The Bertz CT molecular complexity index is 1110. The summed E-state index contributed by atoms with van der Waals surface area (Å²) in [5.41, 5.74) is 0.991. The van der Waals surface area contributed by atoms with Gasteiger partial charge in [-0.1, -0.05) is 6.07 Å². The lowest BCUT2D eigenvalue weighted by Gasteiger charge is -2.29. The van der Waals surface area contributed by atoms with Gasteiger partial charge in [0.25, 0.3) is 5.91 Å². The molecule has 1 saturated heterocycles. The van der Waals surface area contributed by atoms with Gasteiger partial charge in [-0.2, -0.15) is 0 Å². The highest BCUT2D eigenvalue weighted by Crippen LogP contribution is 2.33. The highest BCUT2D eigenvalue weighted by atomic mass is 19.1. The van der Waals surface area contributed by atoms with Crippen molar-refractivity contribution >= 4 is 23.4 Å². The van der Waals surface area contributed by atoms with Gasteiger partial charge in [-0.05, 0) is 24.6 Å². The highest BCUT2D eigenvalue weighted by Gasteiger charge is 2.40. The summed E-state index contributed by atoms with van der Waals surface area (Å²) >= 11 is 0. The number of fused-ring (bicyclic) bond motifs is 1. The van der Waals surface area contributed by atoms with Gasteiger partial charge in [0.05, 0.1) is 8.48 Å². The van der Waals surface area contributed by atoms with Gasteiger partial charge in [0.2, 0.25) is 11.8 Å². The molecule has 0 radical (unpaired) electrons. The van der Waals surface area contributed by atoms with E-state index >= 15 is 0 Å². The monoisotopic (exact) mass is 416 g/mol. The standard InChI is InChI=1S/C21H19F2N3O4/c1-30-13-3-2-11(16(23)8-13)9-24-17-7-12(22)6-14-15(17)10-26(21(14)29)18-4-5-19(27)25-20(18)28/h2-3,6-8,18,24H,4-5,9-10H2,1H3,(H,25,27,28)/t18-/m1/s1/i18D. The summed E-state index contributed by atoms with van der Waals surface area (Å²) < 4.78 is 41.9. The van der Waals surface area contributed by atoms with Crippen LogP contribution in [0.4, 0.5) is 14.5 Å². The van der Waals surface area contributed by atoms with E-state index in [1.807, 2.05) is 0 Å². The number of amides is 3. The number of halogens is 2. The molecule has 0 aliphatic carbocycles. The first kappa shape index (κ1) is 18.5. The maximum absolute atomic E-state index is 14.2. The van der Waals surface area contributed by atoms with E-state index in [9.17, 15) is 23.2 Å². The molecule has 2 aromatic carbocycles. The third kappa shape index (κ3) is 3.58. The van der Waals surface area contributed by atoms with Crippen LogP contribution in [0, 0.1) is 11.6 Å². The van der Waals surface area contributed by atoms with Crippen LogP contribution in [0.1, 0.15) is 35.7 Å². The molecule has 2 aromatic rings. The lowest BCUT2D eigenvalue weighted by atomic mass is 10.0. The minimum atomic E-state index is -1.97. The van der Waals surface area contributed by atoms with E-state index in [-0.39, 0.29) is 37.2 Å². The van der Waals surface area contributed by atoms with Crippen molar-refractivity contribution in [1.82, 2.24) is 10.2 Å². The zero-order valence-electron chi connectivity index (χ0n) is 17.1. The Hall–Kier alpha value is -3.49. The number of ether oxygens (including phenoxy) is 1. The van der Waals surface area contributed by atoms with E-state index in [1.165, 1.54) is 25.3 Å². The predicted molar refractivity (Wildman–Crippen MR) is 103 cm³/mol. The number of nitrogens with one attached hydrogen (secondary N) is 2. The molecular weight excluding hydrogens is 396 g/mol. The predicted octanol–water partition coefficient (Wildman–Crippen LogP) is 2.35. The van der Waals surface area contributed by atoms with Crippen molar-refractivity contribution in [3.8, 4) is 5.75 Å². The Kier molecular flexibility index (Phi) is 4.78. The van der Waals surface area contributed by atoms with Gasteiger partial charge in [0.1, 0.15) is 23.4 Å². The second-order valence-corrected chi connectivity index (χ2v) is 7.01. The molecule has 2 heterocycles. The van der Waals surface area contributed by atoms with Crippen LogP contribution in [0.5, 0.6) is 5.75 Å². The first-order valence-electron chi connectivity index (χ1n) is 9.78. The molecule has 7 nitrogen and oxygen atoms in total. The summed E-state index contributed by atoms with van der Waals surface area (Å²) in [5, 5.41) is 5.02. The lowest BCUT2D eigenvalue weighted by Crippen LogP contribution is -2.52. The van der Waals surface area contributed by atoms with E-state index in [0.717, 1.165) is 11.0 Å². The molecule has 0 saturated carbocycles. The quantitative estimate of drug-likeness (QED) is 0.731. The van der Waals surface area contributed by atoms with Crippen molar-refractivity contribution in [1.29, 1.82) is 0 Å². The molecule has 1 fully saturated rings. The first-order valence-corrected chi connectivity index (χ1v) is 9.28. The van der Waals surface area contributed by atoms with Crippen LogP contribution in [0.15, 0.2) is 30.3 Å². The molecule has 30 heavy (non-hydrogen) atoms. The molecule has 0 spiro atoms. The molecule has 0 unspecified atom stereocenters. The second kappa shape index (κ2) is 7.74. The van der Waals surface area contributed by atoms with Gasteiger partial charge in [0.15, 0.2) is 0 Å². The Morgan fingerprint density at radius 2 is 2.07 bits per heavy atom. The SMILES string of the molecule is [2H][C@@]1(N2Cc3c(NCc4ccc(OC)cc4F)cc(F)cc3C2=O)CCC(=O)NC1=O. The van der Waals surface area contributed by atoms with Crippen molar-refractivity contribution in [2.75, 3.05) is 12.4 Å². The number of benzene rings is 2. The number of imide groups is 1. The van der Waals surface area contributed by atoms with Crippen LogP contribution < -0.4 is 15.4 Å². The van der Waals surface area contributed by atoms with Gasteiger partial charge in [-0.25, -0.2) is 8.78 Å². The third-order valence-electron chi connectivity index (χ3n) is 5.17. The first-order chi connectivity index (χ1) is 14.7. The zero-order chi connectivity index (χ0) is 22.3. The van der Waals surface area contributed by atoms with Gasteiger partial charge in [-0.15, -0.1) is 0 Å². The minimum Gasteiger partial charge on any atom is -0.497 e. The van der Waals surface area contributed by atoms with Crippen LogP contribution in [0.2, 0.25) is 0 Å². The topological polar surface area (TPSA) is 87.7 Å². The molecule has 0 bridgehead atoms. The van der Waals surface area contributed by atoms with E-state index in [1.54, 1.807) is 6.07 Å². The summed E-state index contributed by atoms with van der Waals surface area (Å²) in [6.45, 7) is -0.103. The van der Waals surface area contributed by atoms with Gasteiger partial charge >= 0.3 is 0 Å². The van der Waals surface area contributed by atoms with Crippen molar-refractivity contribution < 1.29 is 29.3 Å². The number of methoxy groups -OCH3 is 1. The Morgan fingerprint density at radius 1 is 1.27 bits per heavy atom. The summed E-state index contributed by atoms with van der Waals surface area (Å²) in [6.07, 6.45) is -0.231. The highest BCUT2D eigenvalue weighted by molar-refractivity contribution is 6.06. The molecular formula is C21H19F2N3O4. The van der Waals surface area contributed by atoms with Crippen LogP contribution in [-0.4, -0.2) is 35.7 Å². The van der Waals surface area contributed by atoms with Crippen molar-refractivity contribution in [3.63, 3.8) is 0 Å². The summed E-state index contributed by atoms with van der Waals surface area (Å²) in [5.74, 6) is -2.90. The molecule has 1 atom stereocenters. The fourth-order valence-electron chi connectivity index (χ4n) is 3.60.